The van der Waals surface area contributed by atoms with Gasteiger partial charge in [0.1, 0.15) is 17.3 Å². The molecule has 0 fully saturated rings. The van der Waals surface area contributed by atoms with E-state index in [9.17, 15) is 9.18 Å². The van der Waals surface area contributed by atoms with Crippen LogP contribution in [-0.2, 0) is 4.79 Å². The highest BCUT2D eigenvalue weighted by atomic mass is 19.1. The summed E-state index contributed by atoms with van der Waals surface area (Å²) in [5, 5.41) is 4.12. The summed E-state index contributed by atoms with van der Waals surface area (Å²) in [7, 11) is 0. The van der Waals surface area contributed by atoms with Crippen LogP contribution in [0.5, 0.6) is 11.5 Å². The lowest BCUT2D eigenvalue weighted by atomic mass is 9.94. The number of hydrogen-bond donors (Lipinski definition) is 1. The van der Waals surface area contributed by atoms with Gasteiger partial charge in [0.05, 0.1) is 5.71 Å². The average molecular weight is 298 g/mol. The van der Waals surface area contributed by atoms with E-state index in [0.29, 0.717) is 17.9 Å². The summed E-state index contributed by atoms with van der Waals surface area (Å²) >= 11 is 0. The zero-order valence-electron chi connectivity index (χ0n) is 12.0. The molecule has 22 heavy (non-hydrogen) atoms. The van der Waals surface area contributed by atoms with Gasteiger partial charge in [-0.1, -0.05) is 6.92 Å². The number of amides is 1. The van der Waals surface area contributed by atoms with Crippen LogP contribution in [0.15, 0.2) is 53.6 Å². The molecule has 0 saturated heterocycles. The van der Waals surface area contributed by atoms with Gasteiger partial charge in [0.25, 0.3) is 0 Å². The Morgan fingerprint density at radius 3 is 2.27 bits per heavy atom. The minimum absolute atomic E-state index is 0.0625. The standard InChI is InChI=1S/C17H15FN2O2/c1-11-10-16(21)19-20-17(11)12-2-6-14(7-3-12)22-15-8-4-13(18)5-9-15/h2-9,11H,10H2,1H3,(H,19,21). The van der Waals surface area contributed by atoms with Gasteiger partial charge in [-0.2, -0.15) is 5.10 Å². The maximum Gasteiger partial charge on any atom is 0.240 e. The predicted molar refractivity (Wildman–Crippen MR) is 81.4 cm³/mol. The SMILES string of the molecule is CC1CC(=O)NN=C1c1ccc(Oc2ccc(F)cc2)cc1. The lowest BCUT2D eigenvalue weighted by Gasteiger charge is -2.19. The van der Waals surface area contributed by atoms with Gasteiger partial charge in [-0.15, -0.1) is 0 Å². The number of hydrogen-bond acceptors (Lipinski definition) is 3. The largest absolute Gasteiger partial charge is 0.457 e. The van der Waals surface area contributed by atoms with Gasteiger partial charge in [-0.3, -0.25) is 4.79 Å². The number of carbonyl (C=O) groups is 1. The first kappa shape index (κ1) is 14.3. The van der Waals surface area contributed by atoms with E-state index in [2.05, 4.69) is 10.5 Å². The Labute approximate surface area is 127 Å². The quantitative estimate of drug-likeness (QED) is 0.943. The summed E-state index contributed by atoms with van der Waals surface area (Å²) < 4.78 is 18.5. The zero-order valence-corrected chi connectivity index (χ0v) is 12.0. The summed E-state index contributed by atoms with van der Waals surface area (Å²) in [5.74, 6) is 0.951. The summed E-state index contributed by atoms with van der Waals surface area (Å²) in [6.07, 6.45) is 0.437. The first-order valence-corrected chi connectivity index (χ1v) is 7.02. The van der Waals surface area contributed by atoms with Crippen molar-refractivity contribution >= 4 is 11.6 Å². The topological polar surface area (TPSA) is 50.7 Å². The number of benzene rings is 2. The highest BCUT2D eigenvalue weighted by Crippen LogP contribution is 2.23. The summed E-state index contributed by atoms with van der Waals surface area (Å²) in [5.41, 5.74) is 4.30. The number of hydrazone groups is 1. The fraction of sp³-hybridized carbons (Fsp3) is 0.176. The second-order valence-electron chi connectivity index (χ2n) is 5.22. The van der Waals surface area contributed by atoms with Gasteiger partial charge < -0.3 is 4.74 Å². The van der Waals surface area contributed by atoms with Gasteiger partial charge in [0.2, 0.25) is 5.91 Å². The van der Waals surface area contributed by atoms with Crippen molar-refractivity contribution in [3.63, 3.8) is 0 Å². The predicted octanol–water partition coefficient (Wildman–Crippen LogP) is 3.48. The summed E-state index contributed by atoms with van der Waals surface area (Å²) in [6, 6.07) is 13.3. The molecule has 5 heteroatoms. The van der Waals surface area contributed by atoms with Crippen LogP contribution in [0.3, 0.4) is 0 Å². The van der Waals surface area contributed by atoms with Crippen LogP contribution >= 0.6 is 0 Å². The summed E-state index contributed by atoms with van der Waals surface area (Å²) in [6.45, 7) is 1.97. The molecule has 1 N–H and O–H groups in total. The van der Waals surface area contributed by atoms with Gasteiger partial charge in [-0.25, -0.2) is 9.82 Å². The molecule has 0 bridgehead atoms. The Kier molecular flexibility index (Phi) is 3.87. The summed E-state index contributed by atoms with van der Waals surface area (Å²) in [4.78, 5) is 11.3. The number of ether oxygens (including phenoxy) is 1. The number of nitrogens with zero attached hydrogens (tertiary/aromatic N) is 1. The smallest absolute Gasteiger partial charge is 0.240 e. The van der Waals surface area contributed by atoms with Crippen LogP contribution in [0, 0.1) is 11.7 Å². The van der Waals surface area contributed by atoms with Gasteiger partial charge in [0.15, 0.2) is 0 Å². The number of nitrogens with one attached hydrogen (secondary N) is 1. The Bertz CT molecular complexity index is 708. The molecule has 0 radical (unpaired) electrons. The van der Waals surface area contributed by atoms with E-state index in [-0.39, 0.29) is 17.6 Å². The van der Waals surface area contributed by atoms with Crippen LogP contribution in [0.25, 0.3) is 0 Å². The number of carbonyl (C=O) groups excluding carboxylic acids is 1. The first-order valence-electron chi connectivity index (χ1n) is 7.02. The lowest BCUT2D eigenvalue weighted by Crippen LogP contribution is -2.31. The third-order valence-electron chi connectivity index (χ3n) is 3.46. The van der Waals surface area contributed by atoms with Gasteiger partial charge in [0, 0.05) is 12.3 Å². The molecule has 1 heterocycles. The van der Waals surface area contributed by atoms with E-state index in [1.54, 1.807) is 12.1 Å². The molecule has 3 rings (SSSR count). The molecule has 112 valence electrons. The molecule has 1 aliphatic heterocycles. The van der Waals surface area contributed by atoms with Gasteiger partial charge >= 0.3 is 0 Å². The molecular weight excluding hydrogens is 283 g/mol. The number of rotatable bonds is 3. The Morgan fingerprint density at radius 2 is 1.68 bits per heavy atom. The molecule has 0 aromatic heterocycles. The van der Waals surface area contributed by atoms with Gasteiger partial charge in [-0.05, 0) is 54.1 Å². The minimum Gasteiger partial charge on any atom is -0.457 e. The molecular formula is C17H15FN2O2. The van der Waals surface area contributed by atoms with Crippen molar-refractivity contribution in [1.82, 2.24) is 5.43 Å². The van der Waals surface area contributed by atoms with Crippen molar-refractivity contribution in [2.24, 2.45) is 11.0 Å². The Morgan fingerprint density at radius 1 is 1.09 bits per heavy atom. The fourth-order valence-corrected chi connectivity index (χ4v) is 2.33. The van der Waals surface area contributed by atoms with Crippen LogP contribution in [0.4, 0.5) is 4.39 Å². The average Bonchev–Trinajstić information content (AvgIpc) is 2.51. The molecule has 1 unspecified atom stereocenters. The molecule has 2 aromatic rings. The van der Waals surface area contributed by atoms with E-state index in [4.69, 9.17) is 4.74 Å². The second kappa shape index (κ2) is 5.97. The van der Waals surface area contributed by atoms with Crippen LogP contribution in [0.2, 0.25) is 0 Å². The van der Waals surface area contributed by atoms with Crippen molar-refractivity contribution in [3.05, 3.63) is 59.9 Å². The lowest BCUT2D eigenvalue weighted by molar-refractivity contribution is -0.121. The highest BCUT2D eigenvalue weighted by molar-refractivity contribution is 6.05. The highest BCUT2D eigenvalue weighted by Gasteiger charge is 2.21. The van der Waals surface area contributed by atoms with Crippen LogP contribution < -0.4 is 10.2 Å². The molecule has 1 amide bonds. The third kappa shape index (κ3) is 3.14. The minimum atomic E-state index is -0.297. The van der Waals surface area contributed by atoms with Crippen molar-refractivity contribution in [2.45, 2.75) is 13.3 Å². The van der Waals surface area contributed by atoms with Crippen LogP contribution in [-0.4, -0.2) is 11.6 Å². The fourth-order valence-electron chi connectivity index (χ4n) is 2.33. The van der Waals surface area contributed by atoms with E-state index < -0.39 is 0 Å². The second-order valence-corrected chi connectivity index (χ2v) is 5.22. The van der Waals surface area contributed by atoms with Crippen molar-refractivity contribution < 1.29 is 13.9 Å². The maximum atomic E-state index is 12.8. The van der Waals surface area contributed by atoms with E-state index in [1.807, 2.05) is 31.2 Å². The van der Waals surface area contributed by atoms with Crippen LogP contribution in [0.1, 0.15) is 18.9 Å². The van der Waals surface area contributed by atoms with Crippen molar-refractivity contribution in [2.75, 3.05) is 0 Å². The molecule has 1 atom stereocenters. The molecule has 4 nitrogen and oxygen atoms in total. The number of halogens is 1. The Hall–Kier alpha value is -2.69. The molecule has 0 saturated carbocycles. The third-order valence-corrected chi connectivity index (χ3v) is 3.46. The zero-order chi connectivity index (χ0) is 15.5. The normalized spacial score (nSPS) is 17.6. The Balaban J connectivity index is 1.75. The molecule has 2 aromatic carbocycles. The van der Waals surface area contributed by atoms with E-state index >= 15 is 0 Å². The molecule has 0 aliphatic carbocycles. The van der Waals surface area contributed by atoms with Crippen molar-refractivity contribution in [1.29, 1.82) is 0 Å². The first-order chi connectivity index (χ1) is 10.6. The van der Waals surface area contributed by atoms with E-state index in [0.717, 1.165) is 11.3 Å². The van der Waals surface area contributed by atoms with E-state index in [1.165, 1.54) is 12.1 Å². The maximum absolute atomic E-state index is 12.8. The molecule has 1 aliphatic rings. The molecule has 0 spiro atoms. The monoisotopic (exact) mass is 298 g/mol. The van der Waals surface area contributed by atoms with Crippen molar-refractivity contribution in [3.8, 4) is 11.5 Å².